The van der Waals surface area contributed by atoms with E-state index in [4.69, 9.17) is 30.8 Å². The molecule has 0 spiro atoms. The van der Waals surface area contributed by atoms with Crippen molar-refractivity contribution in [3.63, 3.8) is 0 Å². The van der Waals surface area contributed by atoms with Crippen molar-refractivity contribution in [3.05, 3.63) is 105 Å². The molecule has 298 valence electrons. The lowest BCUT2D eigenvalue weighted by Gasteiger charge is -2.27. The molecule has 4 aromatic rings. The van der Waals surface area contributed by atoms with Crippen molar-refractivity contribution in [1.82, 2.24) is 35.6 Å². The summed E-state index contributed by atoms with van der Waals surface area (Å²) >= 11 is 6.20. The first kappa shape index (κ1) is 39.5. The lowest BCUT2D eigenvalue weighted by Crippen LogP contribution is -2.54. The molecule has 3 N–H and O–H groups in total. The number of halogens is 1. The van der Waals surface area contributed by atoms with Crippen molar-refractivity contribution in [2.45, 2.75) is 32.7 Å². The highest BCUT2D eigenvalue weighted by Gasteiger charge is 2.46. The molecule has 3 aliphatic rings. The first-order chi connectivity index (χ1) is 28.0. The molecule has 4 heterocycles. The molecule has 1 saturated heterocycles. The van der Waals surface area contributed by atoms with E-state index in [1.54, 1.807) is 26.2 Å². The minimum Gasteiger partial charge on any atom is -0.497 e. The number of piperidine rings is 1. The highest BCUT2D eigenvalue weighted by Crippen LogP contribution is 2.35. The van der Waals surface area contributed by atoms with Crippen LogP contribution in [0, 0.1) is 6.92 Å². The van der Waals surface area contributed by atoms with Crippen LogP contribution < -0.4 is 25.4 Å². The fourth-order valence-electron chi connectivity index (χ4n) is 6.77. The second-order valence-electron chi connectivity index (χ2n) is 13.4. The zero-order valence-electron chi connectivity index (χ0n) is 31.6. The lowest BCUT2D eigenvalue weighted by atomic mass is 10.00. The monoisotopic (exact) mass is 808 g/mol. The van der Waals surface area contributed by atoms with Gasteiger partial charge >= 0.3 is 0 Å². The van der Waals surface area contributed by atoms with Crippen LogP contribution in [-0.2, 0) is 23.9 Å². The number of hydrogen-bond acceptors (Lipinski definition) is 12. The Morgan fingerprint density at radius 3 is 2.45 bits per heavy atom. The fourth-order valence-corrected chi connectivity index (χ4v) is 6.90. The number of aliphatic imine (C=N–C) groups is 1. The highest BCUT2D eigenvalue weighted by atomic mass is 35.5. The van der Waals surface area contributed by atoms with E-state index in [9.17, 15) is 28.8 Å². The molecule has 7 rings (SSSR count). The minimum atomic E-state index is -1.13. The van der Waals surface area contributed by atoms with E-state index in [0.717, 1.165) is 21.7 Å². The van der Waals surface area contributed by atoms with Gasteiger partial charge in [0.25, 0.3) is 17.7 Å². The van der Waals surface area contributed by atoms with Gasteiger partial charge in [0.1, 0.15) is 29.1 Å². The smallest absolute Gasteiger partial charge is 0.266 e. The third-order valence-electron chi connectivity index (χ3n) is 9.66. The molecule has 3 aromatic carbocycles. The number of ether oxygens (including phenoxy) is 3. The number of benzene rings is 3. The second-order valence-corrected chi connectivity index (χ2v) is 13.8. The molecule has 1 fully saturated rings. The van der Waals surface area contributed by atoms with Crippen LogP contribution in [-0.4, -0.2) is 107 Å². The molecule has 58 heavy (non-hydrogen) atoms. The first-order valence-electron chi connectivity index (χ1n) is 18.2. The molecular formula is C40H37ClN8O9. The first-order valence-corrected chi connectivity index (χ1v) is 18.6. The van der Waals surface area contributed by atoms with Gasteiger partial charge in [0, 0.05) is 41.2 Å². The quantitative estimate of drug-likeness (QED) is 0.101. The predicted octanol–water partition coefficient (Wildman–Crippen LogP) is 2.55. The Balaban J connectivity index is 0.927. The number of hydrogen-bond donors (Lipinski definition) is 3. The van der Waals surface area contributed by atoms with Crippen molar-refractivity contribution < 1.29 is 43.0 Å². The van der Waals surface area contributed by atoms with Crippen LogP contribution in [0.5, 0.6) is 11.5 Å². The van der Waals surface area contributed by atoms with Crippen LogP contribution in [0.2, 0.25) is 5.02 Å². The summed E-state index contributed by atoms with van der Waals surface area (Å²) in [5.74, 6) is -1.92. The molecule has 0 bridgehead atoms. The number of fused-ring (bicyclic) bond motifs is 4. The number of aryl methyl sites for hydroxylation is 1. The summed E-state index contributed by atoms with van der Waals surface area (Å²) in [7, 11) is 1.58. The Hall–Kier alpha value is -6.72. The van der Waals surface area contributed by atoms with Crippen LogP contribution >= 0.6 is 11.6 Å². The maximum atomic E-state index is 13.5. The summed E-state index contributed by atoms with van der Waals surface area (Å²) in [4.78, 5) is 82.2. The standard InChI is InChI=1S/C40H37ClN8O9/c1-21(34-36-47-46-22(2)48(36)28-12-11-25(56-3)19-27(28)35(45-34)23-7-9-24(41)10-8-23)37(52)43-16-18-57-17-15-42-32(51)20-58-30-6-4-5-26-33(30)40(55)49(39(26)54)29-13-14-31(50)44-38(29)53/h4-12,19,29H,13-18,20H2,1-3H3,(H,42,51)(H,43,52)(H,44,50,53)/b34-21-. The van der Waals surface area contributed by atoms with Gasteiger partial charge in [-0.05, 0) is 62.7 Å². The average Bonchev–Trinajstić information content (AvgIpc) is 3.66. The van der Waals surface area contributed by atoms with Gasteiger partial charge in [-0.3, -0.25) is 43.6 Å². The fraction of sp³-hybridized carbons (Fsp3) is 0.275. The third kappa shape index (κ3) is 7.81. The predicted molar refractivity (Wildman–Crippen MR) is 208 cm³/mol. The lowest BCUT2D eigenvalue weighted by molar-refractivity contribution is -0.136. The Kier molecular flexibility index (Phi) is 11.4. The van der Waals surface area contributed by atoms with E-state index < -0.39 is 48.1 Å². The number of methoxy groups -OCH3 is 1. The van der Waals surface area contributed by atoms with E-state index >= 15 is 0 Å². The Bertz CT molecular complexity index is 2420. The number of carbonyl (C=O) groups is 6. The van der Waals surface area contributed by atoms with E-state index in [2.05, 4.69) is 26.1 Å². The number of aromatic nitrogens is 3. The number of nitrogens with one attached hydrogen (secondary N) is 3. The Morgan fingerprint density at radius 1 is 0.948 bits per heavy atom. The van der Waals surface area contributed by atoms with Crippen molar-refractivity contribution in [2.75, 3.05) is 40.0 Å². The third-order valence-corrected chi connectivity index (χ3v) is 9.91. The molecule has 0 radical (unpaired) electrons. The minimum absolute atomic E-state index is 0.00827. The van der Waals surface area contributed by atoms with Gasteiger partial charge < -0.3 is 24.8 Å². The van der Waals surface area contributed by atoms with Crippen LogP contribution in [0.4, 0.5) is 0 Å². The van der Waals surface area contributed by atoms with Gasteiger partial charge in [0.15, 0.2) is 12.4 Å². The molecule has 17 nitrogen and oxygen atoms in total. The van der Waals surface area contributed by atoms with Gasteiger partial charge in [-0.2, -0.15) is 0 Å². The molecule has 3 aliphatic heterocycles. The summed E-state index contributed by atoms with van der Waals surface area (Å²) in [5, 5.41) is 16.9. The van der Waals surface area contributed by atoms with Gasteiger partial charge in [0.2, 0.25) is 17.7 Å². The number of carbonyl (C=O) groups excluding carboxylic acids is 6. The molecule has 0 aliphatic carbocycles. The topological polar surface area (TPSA) is 213 Å². The van der Waals surface area contributed by atoms with E-state index in [-0.39, 0.29) is 56.0 Å². The Labute approximate surface area is 336 Å². The molecule has 6 amide bonds. The van der Waals surface area contributed by atoms with E-state index in [1.807, 2.05) is 41.8 Å². The van der Waals surface area contributed by atoms with Crippen LogP contribution in [0.25, 0.3) is 11.4 Å². The van der Waals surface area contributed by atoms with Crippen LogP contribution in [0.3, 0.4) is 0 Å². The van der Waals surface area contributed by atoms with Gasteiger partial charge in [-0.25, -0.2) is 4.99 Å². The number of imide groups is 2. The maximum Gasteiger partial charge on any atom is 0.266 e. The Morgan fingerprint density at radius 2 is 1.71 bits per heavy atom. The summed E-state index contributed by atoms with van der Waals surface area (Å²) in [6.07, 6.45) is 0.00378. The molecule has 1 aromatic heterocycles. The summed E-state index contributed by atoms with van der Waals surface area (Å²) < 4.78 is 18.6. The van der Waals surface area contributed by atoms with Crippen molar-refractivity contribution in [1.29, 1.82) is 0 Å². The number of nitrogens with zero attached hydrogens (tertiary/aromatic N) is 5. The van der Waals surface area contributed by atoms with Gasteiger partial charge in [0.05, 0.1) is 42.8 Å². The van der Waals surface area contributed by atoms with Crippen molar-refractivity contribution in [2.24, 2.45) is 4.99 Å². The van der Waals surface area contributed by atoms with Gasteiger partial charge in [-0.15, -0.1) is 10.2 Å². The molecule has 1 unspecified atom stereocenters. The molecule has 18 heteroatoms. The summed E-state index contributed by atoms with van der Waals surface area (Å²) in [6, 6.07) is 16.1. The normalized spacial score (nSPS) is 16.7. The molecule has 0 saturated carbocycles. The number of rotatable bonds is 13. The average molecular weight is 809 g/mol. The number of amides is 6. The van der Waals surface area contributed by atoms with Crippen LogP contribution in [0.15, 0.2) is 71.2 Å². The van der Waals surface area contributed by atoms with E-state index in [1.165, 1.54) is 18.2 Å². The maximum absolute atomic E-state index is 13.5. The van der Waals surface area contributed by atoms with E-state index in [0.29, 0.717) is 39.4 Å². The van der Waals surface area contributed by atoms with Crippen LogP contribution in [0.1, 0.15) is 63.3 Å². The SMILES string of the molecule is COc1ccc2c(c1)C(c1ccc(Cl)cc1)=N/C(=C(/C)C(=O)NCCOCCNC(=O)COc1cccc3c1C(=O)N(C1CCC(=O)NC1=O)C3=O)c1nnc(C)n1-2. The molecular weight excluding hydrogens is 772 g/mol. The zero-order valence-corrected chi connectivity index (χ0v) is 32.3. The largest absolute Gasteiger partial charge is 0.497 e. The van der Waals surface area contributed by atoms with Crippen molar-refractivity contribution in [3.8, 4) is 17.2 Å². The van der Waals surface area contributed by atoms with Crippen molar-refractivity contribution >= 4 is 58.5 Å². The zero-order chi connectivity index (χ0) is 41.1. The summed E-state index contributed by atoms with van der Waals surface area (Å²) in [5.41, 5.74) is 3.46. The second kappa shape index (κ2) is 16.8. The highest BCUT2D eigenvalue weighted by molar-refractivity contribution is 6.31. The molecule has 1 atom stereocenters. The van der Waals surface area contributed by atoms with Gasteiger partial charge in [-0.1, -0.05) is 29.8 Å². The summed E-state index contributed by atoms with van der Waals surface area (Å²) in [6.45, 7) is 3.54.